The lowest BCUT2D eigenvalue weighted by Gasteiger charge is -2.18. The van der Waals surface area contributed by atoms with Gasteiger partial charge in [0.2, 0.25) is 0 Å². The lowest BCUT2D eigenvalue weighted by Crippen LogP contribution is -2.29. The highest BCUT2D eigenvalue weighted by Crippen LogP contribution is 2.36. The van der Waals surface area contributed by atoms with Gasteiger partial charge in [0.05, 0.1) is 6.61 Å². The zero-order chi connectivity index (χ0) is 43.9. The Kier molecular flexibility index (Phi) is 45.4. The lowest BCUT2D eigenvalue weighted by molar-refractivity contribution is -0.161. The van der Waals surface area contributed by atoms with Crippen molar-refractivity contribution in [2.45, 2.75) is 264 Å². The monoisotopic (exact) mass is 867 g/mol. The maximum absolute atomic E-state index is 12.5. The van der Waals surface area contributed by atoms with E-state index in [1.54, 1.807) is 0 Å². The molecule has 9 heteroatoms. The van der Waals surface area contributed by atoms with E-state index in [9.17, 15) is 14.2 Å². The molecule has 0 radical (unpaired) electrons. The van der Waals surface area contributed by atoms with Crippen LogP contribution >= 0.6 is 7.82 Å². The van der Waals surface area contributed by atoms with Gasteiger partial charge in [-0.25, -0.2) is 4.57 Å². The Hall–Kier alpha value is -1.73. The van der Waals surface area contributed by atoms with E-state index < -0.39 is 32.5 Å². The van der Waals surface area contributed by atoms with Crippen LogP contribution in [0.25, 0.3) is 0 Å². The fourth-order valence-corrected chi connectivity index (χ4v) is 7.71. The maximum Gasteiger partial charge on any atom is 0.469 e. The van der Waals surface area contributed by atoms with Crippen molar-refractivity contribution in [2.24, 2.45) is 0 Å². The summed E-state index contributed by atoms with van der Waals surface area (Å²) in [4.78, 5) is 43.0. The molecule has 0 aliphatic carbocycles. The number of rotatable bonds is 47. The highest BCUT2D eigenvalue weighted by molar-refractivity contribution is 7.46. The Morgan fingerprint density at radius 3 is 1.20 bits per heavy atom. The second-order valence-corrected chi connectivity index (χ2v) is 18.4. The van der Waals surface area contributed by atoms with Gasteiger partial charge in [-0.3, -0.25) is 14.1 Å². The van der Waals surface area contributed by atoms with Crippen LogP contribution in [-0.4, -0.2) is 41.0 Å². The van der Waals surface area contributed by atoms with Crippen LogP contribution in [0.2, 0.25) is 0 Å². The van der Waals surface area contributed by atoms with Crippen LogP contribution in [0.5, 0.6) is 0 Å². The summed E-state index contributed by atoms with van der Waals surface area (Å²) in [5, 5.41) is 0. The van der Waals surface area contributed by atoms with Gasteiger partial charge in [0, 0.05) is 12.8 Å². The first kappa shape index (κ1) is 58.3. The smallest absolute Gasteiger partial charge is 0.462 e. The first-order chi connectivity index (χ1) is 29.3. The van der Waals surface area contributed by atoms with Crippen molar-refractivity contribution >= 4 is 19.8 Å². The van der Waals surface area contributed by atoms with Crippen molar-refractivity contribution in [3.63, 3.8) is 0 Å². The van der Waals surface area contributed by atoms with Gasteiger partial charge in [0.1, 0.15) is 6.61 Å². The van der Waals surface area contributed by atoms with Crippen molar-refractivity contribution in [1.82, 2.24) is 0 Å². The predicted molar refractivity (Wildman–Crippen MR) is 253 cm³/mol. The summed E-state index contributed by atoms with van der Waals surface area (Å²) < 4.78 is 26.5. The molecule has 0 amide bonds. The molecule has 0 saturated heterocycles. The van der Waals surface area contributed by atoms with E-state index in [1.165, 1.54) is 173 Å². The van der Waals surface area contributed by atoms with Gasteiger partial charge in [-0.2, -0.15) is 0 Å². The van der Waals surface area contributed by atoms with E-state index in [4.69, 9.17) is 19.3 Å². The fourth-order valence-electron chi connectivity index (χ4n) is 7.35. The summed E-state index contributed by atoms with van der Waals surface area (Å²) in [6.45, 7) is 3.68. The molecule has 352 valence electrons. The van der Waals surface area contributed by atoms with E-state index in [0.29, 0.717) is 12.8 Å². The highest BCUT2D eigenvalue weighted by Gasteiger charge is 2.23. The number of ether oxygens (including phenoxy) is 2. The third kappa shape index (κ3) is 48.9. The van der Waals surface area contributed by atoms with Gasteiger partial charge in [0.25, 0.3) is 0 Å². The average molecular weight is 867 g/mol. The Balaban J connectivity index is 3.83. The van der Waals surface area contributed by atoms with Crippen molar-refractivity contribution in [3.05, 3.63) is 36.5 Å². The van der Waals surface area contributed by atoms with E-state index in [-0.39, 0.29) is 19.4 Å². The van der Waals surface area contributed by atoms with Crippen LogP contribution in [0.1, 0.15) is 258 Å². The molecule has 0 bridgehead atoms. The third-order valence-corrected chi connectivity index (χ3v) is 11.6. The van der Waals surface area contributed by atoms with Gasteiger partial charge in [-0.15, -0.1) is 0 Å². The SMILES string of the molecule is CCCCC/C=C/C/C=C/CCCCCCCCCCCC(=O)O[C@H](COC(=O)CCC/C=C/CCCCCCCCCCCCCCCCCCCC)COP(=O)(O)O. The van der Waals surface area contributed by atoms with Gasteiger partial charge < -0.3 is 19.3 Å². The zero-order valence-corrected chi connectivity index (χ0v) is 40.0. The van der Waals surface area contributed by atoms with E-state index in [0.717, 1.165) is 44.9 Å². The zero-order valence-electron chi connectivity index (χ0n) is 39.1. The average Bonchev–Trinajstić information content (AvgIpc) is 3.22. The maximum atomic E-state index is 12.5. The van der Waals surface area contributed by atoms with E-state index in [2.05, 4.69) is 54.8 Å². The van der Waals surface area contributed by atoms with Gasteiger partial charge >= 0.3 is 19.8 Å². The van der Waals surface area contributed by atoms with Crippen molar-refractivity contribution in [3.8, 4) is 0 Å². The van der Waals surface area contributed by atoms with Crippen molar-refractivity contribution in [2.75, 3.05) is 13.2 Å². The Labute approximate surface area is 370 Å². The summed E-state index contributed by atoms with van der Waals surface area (Å²) in [7, 11) is -4.77. The molecule has 0 fully saturated rings. The van der Waals surface area contributed by atoms with Crippen LogP contribution in [-0.2, 0) is 28.2 Å². The molecule has 0 aromatic carbocycles. The number of unbranched alkanes of at least 4 members (excludes halogenated alkanes) is 31. The van der Waals surface area contributed by atoms with Crippen LogP contribution in [0.15, 0.2) is 36.5 Å². The first-order valence-electron chi connectivity index (χ1n) is 25.3. The normalized spacial score (nSPS) is 12.7. The number of phosphoric acid groups is 1. The van der Waals surface area contributed by atoms with Crippen LogP contribution < -0.4 is 0 Å². The number of carbonyl (C=O) groups is 2. The molecule has 60 heavy (non-hydrogen) atoms. The Morgan fingerprint density at radius 2 is 0.767 bits per heavy atom. The molecule has 8 nitrogen and oxygen atoms in total. The minimum atomic E-state index is -4.77. The molecule has 0 aliphatic heterocycles. The molecule has 0 aromatic heterocycles. The topological polar surface area (TPSA) is 119 Å². The molecule has 0 rings (SSSR count). The quantitative estimate of drug-likeness (QED) is 0.0269. The van der Waals surface area contributed by atoms with E-state index in [1.807, 2.05) is 0 Å². The Bertz CT molecular complexity index is 1070. The number of carbonyl (C=O) groups excluding carboxylic acids is 2. The third-order valence-electron chi connectivity index (χ3n) is 11.1. The minimum absolute atomic E-state index is 0.203. The predicted octanol–water partition coefficient (Wildman–Crippen LogP) is 16.1. The summed E-state index contributed by atoms with van der Waals surface area (Å²) in [5.41, 5.74) is 0. The number of hydrogen-bond acceptors (Lipinski definition) is 6. The molecule has 0 heterocycles. The van der Waals surface area contributed by atoms with Crippen LogP contribution in [0.4, 0.5) is 0 Å². The van der Waals surface area contributed by atoms with E-state index >= 15 is 0 Å². The lowest BCUT2D eigenvalue weighted by atomic mass is 10.0. The number of phosphoric ester groups is 1. The minimum Gasteiger partial charge on any atom is -0.462 e. The highest BCUT2D eigenvalue weighted by atomic mass is 31.2. The summed E-state index contributed by atoms with van der Waals surface area (Å²) in [5.74, 6) is -0.917. The first-order valence-corrected chi connectivity index (χ1v) is 26.8. The molecule has 0 saturated carbocycles. The second-order valence-electron chi connectivity index (χ2n) is 17.1. The van der Waals surface area contributed by atoms with Crippen molar-refractivity contribution in [1.29, 1.82) is 0 Å². The Morgan fingerprint density at radius 1 is 0.433 bits per heavy atom. The number of allylic oxidation sites excluding steroid dienone is 6. The number of hydrogen-bond donors (Lipinski definition) is 2. The molecule has 0 aromatic rings. The molecular weight excluding hydrogens is 772 g/mol. The standard InChI is InChI=1S/C51H95O8P/c1-3-5-7-9-11-13-15-17-19-21-23-24-25-26-28-29-31-33-35-37-39-41-43-45-50(52)57-47-49(48-58-60(54,55)56)59-51(53)46-44-42-40-38-36-34-32-30-27-22-20-18-16-14-12-10-8-6-4-2/h12,14,18,20,37,39,49H,3-11,13,15-17,19,21-36,38,40-48H2,1-2H3,(H2,54,55,56)/b14-12+,20-18+,39-37+/t49-/m1/s1. The van der Waals surface area contributed by atoms with Gasteiger partial charge in [0.15, 0.2) is 6.10 Å². The van der Waals surface area contributed by atoms with Gasteiger partial charge in [-0.1, -0.05) is 217 Å². The van der Waals surface area contributed by atoms with Crippen molar-refractivity contribution < 1.29 is 37.9 Å². The summed E-state index contributed by atoms with van der Waals surface area (Å²) in [6.07, 6.45) is 57.4. The number of esters is 2. The molecular formula is C51H95O8P. The summed E-state index contributed by atoms with van der Waals surface area (Å²) in [6, 6.07) is 0. The second kappa shape index (κ2) is 46.8. The largest absolute Gasteiger partial charge is 0.469 e. The van der Waals surface area contributed by atoms with Crippen LogP contribution in [0, 0.1) is 0 Å². The molecule has 0 aliphatic rings. The molecule has 0 unspecified atom stereocenters. The molecule has 2 N–H and O–H groups in total. The molecule has 1 atom stereocenters. The molecule has 0 spiro atoms. The van der Waals surface area contributed by atoms with Crippen LogP contribution in [0.3, 0.4) is 0 Å². The van der Waals surface area contributed by atoms with Gasteiger partial charge in [-0.05, 0) is 64.2 Å². The summed E-state index contributed by atoms with van der Waals surface area (Å²) >= 11 is 0. The fraction of sp³-hybridized carbons (Fsp3) is 0.843.